The van der Waals surface area contributed by atoms with Crippen molar-refractivity contribution in [2.45, 2.75) is 26.7 Å². The van der Waals surface area contributed by atoms with Crippen LogP contribution in [0.15, 0.2) is 84.9 Å². The molecule has 5 heteroatoms. The predicted octanol–water partition coefficient (Wildman–Crippen LogP) is 7.03. The molecule has 0 unspecified atom stereocenters. The summed E-state index contributed by atoms with van der Waals surface area (Å²) in [4.78, 5) is 11.0. The lowest BCUT2D eigenvalue weighted by Crippen LogP contribution is -2.02. The third-order valence-corrected chi connectivity index (χ3v) is 6.12. The predicted molar refractivity (Wildman–Crippen MR) is 147 cm³/mol. The molecule has 0 fully saturated rings. The van der Waals surface area contributed by atoms with Gasteiger partial charge in [-0.25, -0.2) is 0 Å². The Morgan fingerprint density at radius 2 is 1.19 bits per heavy atom. The van der Waals surface area contributed by atoms with E-state index in [4.69, 9.17) is 19.8 Å². The Balaban J connectivity index is 0.000000206. The van der Waals surface area contributed by atoms with Crippen LogP contribution in [0.5, 0.6) is 11.5 Å². The number of hydrogen-bond acceptors (Lipinski definition) is 4. The molecular formula is C32H31NO4. The van der Waals surface area contributed by atoms with Crippen molar-refractivity contribution < 1.29 is 19.4 Å². The molecule has 0 aliphatic carbocycles. The molecule has 0 heterocycles. The monoisotopic (exact) mass is 493 g/mol. The van der Waals surface area contributed by atoms with Gasteiger partial charge in [-0.05, 0) is 82.6 Å². The molecular weight excluding hydrogens is 462 g/mol. The maximum atomic E-state index is 11.0. The van der Waals surface area contributed by atoms with E-state index in [1.165, 1.54) is 5.56 Å². The molecule has 4 aromatic carbocycles. The average molecular weight is 494 g/mol. The van der Waals surface area contributed by atoms with E-state index in [0.717, 1.165) is 50.4 Å². The summed E-state index contributed by atoms with van der Waals surface area (Å²) in [5.74, 6) is 0.710. The largest absolute Gasteiger partial charge is 0.497 e. The number of carboxylic acid groups (broad SMARTS) is 1. The van der Waals surface area contributed by atoms with Gasteiger partial charge < -0.3 is 14.6 Å². The van der Waals surface area contributed by atoms with Crippen LogP contribution in [0, 0.1) is 25.2 Å². The van der Waals surface area contributed by atoms with E-state index in [1.54, 1.807) is 20.3 Å². The van der Waals surface area contributed by atoms with Crippen molar-refractivity contribution >= 4 is 5.97 Å². The molecule has 4 aromatic rings. The highest BCUT2D eigenvalue weighted by Gasteiger charge is 2.12. The van der Waals surface area contributed by atoms with Crippen LogP contribution in [-0.4, -0.2) is 25.3 Å². The minimum Gasteiger partial charge on any atom is -0.497 e. The smallest absolute Gasteiger partial charge is 0.307 e. The van der Waals surface area contributed by atoms with Gasteiger partial charge in [0.2, 0.25) is 0 Å². The first kappa shape index (κ1) is 27.0. The third-order valence-electron chi connectivity index (χ3n) is 6.12. The second-order valence-corrected chi connectivity index (χ2v) is 8.58. The molecule has 0 radical (unpaired) electrons. The Labute approximate surface area is 218 Å². The molecule has 0 atom stereocenters. The molecule has 0 saturated carbocycles. The fourth-order valence-electron chi connectivity index (χ4n) is 4.17. The van der Waals surface area contributed by atoms with E-state index in [2.05, 4.69) is 25.1 Å². The molecule has 4 rings (SSSR count). The van der Waals surface area contributed by atoms with Crippen molar-refractivity contribution in [1.82, 2.24) is 0 Å². The maximum absolute atomic E-state index is 11.0. The number of carboxylic acids is 1. The molecule has 5 nitrogen and oxygen atoms in total. The first-order valence-electron chi connectivity index (χ1n) is 11.9. The lowest BCUT2D eigenvalue weighted by Gasteiger charge is -2.12. The Morgan fingerprint density at radius 3 is 1.62 bits per heavy atom. The van der Waals surface area contributed by atoms with E-state index in [9.17, 15) is 4.79 Å². The van der Waals surface area contributed by atoms with Crippen molar-refractivity contribution in [3.05, 3.63) is 107 Å². The number of hydrogen-bond donors (Lipinski definition) is 1. The summed E-state index contributed by atoms with van der Waals surface area (Å²) in [6, 6.07) is 29.7. The summed E-state index contributed by atoms with van der Waals surface area (Å²) in [5.41, 5.74) is 8.33. The van der Waals surface area contributed by atoms with Gasteiger partial charge in [-0.1, -0.05) is 60.7 Å². The number of methoxy groups -OCH3 is 2. The van der Waals surface area contributed by atoms with Crippen molar-refractivity contribution in [3.8, 4) is 39.8 Å². The van der Waals surface area contributed by atoms with Gasteiger partial charge in [0.15, 0.2) is 0 Å². The lowest BCUT2D eigenvalue weighted by molar-refractivity contribution is -0.136. The molecule has 0 aromatic heterocycles. The minimum absolute atomic E-state index is 0.00760. The zero-order valence-corrected chi connectivity index (χ0v) is 21.6. The highest BCUT2D eigenvalue weighted by atomic mass is 16.5. The number of benzene rings is 4. The molecule has 1 N–H and O–H groups in total. The van der Waals surface area contributed by atoms with Crippen LogP contribution in [0.25, 0.3) is 22.3 Å². The fraction of sp³-hybridized carbons (Fsp3) is 0.188. The number of ether oxygens (including phenoxy) is 2. The molecule has 37 heavy (non-hydrogen) atoms. The van der Waals surface area contributed by atoms with Gasteiger partial charge in [0.25, 0.3) is 0 Å². The zero-order chi connectivity index (χ0) is 26.8. The van der Waals surface area contributed by atoms with Crippen molar-refractivity contribution in [3.63, 3.8) is 0 Å². The molecule has 0 amide bonds. The Bertz CT molecular complexity index is 1420. The van der Waals surface area contributed by atoms with Crippen molar-refractivity contribution in [2.24, 2.45) is 0 Å². The average Bonchev–Trinajstić information content (AvgIpc) is 2.90. The molecule has 0 aliphatic rings. The highest BCUT2D eigenvalue weighted by Crippen LogP contribution is 2.31. The number of aliphatic carboxylic acids is 1. The van der Waals surface area contributed by atoms with E-state index >= 15 is 0 Å². The van der Waals surface area contributed by atoms with Crippen LogP contribution >= 0.6 is 0 Å². The Hall–Kier alpha value is -4.56. The first-order chi connectivity index (χ1) is 17.9. The highest BCUT2D eigenvalue weighted by molar-refractivity contribution is 5.78. The van der Waals surface area contributed by atoms with Gasteiger partial charge in [0, 0.05) is 0 Å². The zero-order valence-electron chi connectivity index (χ0n) is 21.6. The van der Waals surface area contributed by atoms with Gasteiger partial charge in [-0.3, -0.25) is 4.79 Å². The van der Waals surface area contributed by atoms with Gasteiger partial charge in [0.05, 0.1) is 33.1 Å². The summed E-state index contributed by atoms with van der Waals surface area (Å²) in [7, 11) is 3.26. The molecule has 188 valence electrons. The van der Waals surface area contributed by atoms with E-state index < -0.39 is 5.97 Å². The van der Waals surface area contributed by atoms with Gasteiger partial charge >= 0.3 is 5.97 Å². The maximum Gasteiger partial charge on any atom is 0.307 e. The van der Waals surface area contributed by atoms with E-state index in [0.29, 0.717) is 6.42 Å². The van der Waals surface area contributed by atoms with Crippen LogP contribution < -0.4 is 9.47 Å². The minimum atomic E-state index is -0.833. The summed E-state index contributed by atoms with van der Waals surface area (Å²) in [6.45, 7) is 4.09. The first-order valence-corrected chi connectivity index (χ1v) is 11.9. The van der Waals surface area contributed by atoms with Crippen molar-refractivity contribution in [2.75, 3.05) is 14.2 Å². The normalized spacial score (nSPS) is 10.0. The molecule has 0 spiro atoms. The second-order valence-electron chi connectivity index (χ2n) is 8.58. The van der Waals surface area contributed by atoms with Crippen LogP contribution in [0.2, 0.25) is 0 Å². The topological polar surface area (TPSA) is 79.5 Å². The third kappa shape index (κ3) is 6.99. The summed E-state index contributed by atoms with van der Waals surface area (Å²) >= 11 is 0. The fourth-order valence-corrected chi connectivity index (χ4v) is 4.17. The van der Waals surface area contributed by atoms with Crippen LogP contribution in [0.1, 0.15) is 22.3 Å². The van der Waals surface area contributed by atoms with Crippen molar-refractivity contribution in [1.29, 1.82) is 5.26 Å². The van der Waals surface area contributed by atoms with E-state index in [-0.39, 0.29) is 6.42 Å². The molecule has 0 aliphatic heterocycles. The summed E-state index contributed by atoms with van der Waals surface area (Å²) in [6.07, 6.45) is 0.418. The van der Waals surface area contributed by atoms with Gasteiger partial charge in [0.1, 0.15) is 11.5 Å². The molecule has 0 saturated heterocycles. The lowest BCUT2D eigenvalue weighted by atomic mass is 9.94. The number of carbonyl (C=O) groups is 1. The number of aryl methyl sites for hydroxylation is 2. The standard InChI is InChI=1S/C16H15NO.C16H16O3/c1-12-5-3-4-6-15(12)16-11-14(18-2)8-7-13(16)9-10-17;1-11-5-3-4-6-14(11)15-10-13(19-2)8-7-12(15)9-16(17)18/h3-8,11H,9H2,1-2H3;3-8,10H,9H2,1-2H3,(H,17,18). The molecule has 0 bridgehead atoms. The van der Waals surface area contributed by atoms with E-state index in [1.807, 2.05) is 73.7 Å². The summed E-state index contributed by atoms with van der Waals surface area (Å²) in [5, 5.41) is 17.9. The van der Waals surface area contributed by atoms with Gasteiger partial charge in [-0.2, -0.15) is 5.26 Å². The Morgan fingerprint density at radius 1 is 0.730 bits per heavy atom. The van der Waals surface area contributed by atoms with Crippen LogP contribution in [0.3, 0.4) is 0 Å². The summed E-state index contributed by atoms with van der Waals surface area (Å²) < 4.78 is 10.5. The van der Waals surface area contributed by atoms with Crippen LogP contribution in [0.4, 0.5) is 0 Å². The quantitative estimate of drug-likeness (QED) is 0.299. The number of rotatable bonds is 7. The second kappa shape index (κ2) is 12.9. The number of nitriles is 1. The van der Waals surface area contributed by atoms with Gasteiger partial charge in [-0.15, -0.1) is 0 Å². The Kier molecular flexibility index (Phi) is 9.46. The van der Waals surface area contributed by atoms with Crippen LogP contribution in [-0.2, 0) is 17.6 Å². The number of nitrogens with zero attached hydrogens (tertiary/aromatic N) is 1. The SMILES string of the molecule is COc1ccc(CC#N)c(-c2ccccc2C)c1.COc1ccc(CC(=O)O)c(-c2ccccc2C)c1.